The largest absolute Gasteiger partial charge is 0.496 e. The number of nitrogens with zero attached hydrogens (tertiary/aromatic N) is 1. The van der Waals surface area contributed by atoms with Crippen LogP contribution in [-0.2, 0) is 13.0 Å². The van der Waals surface area contributed by atoms with Crippen LogP contribution in [-0.4, -0.2) is 36.3 Å². The number of aliphatic hydroxyl groups is 1. The summed E-state index contributed by atoms with van der Waals surface area (Å²) < 4.78 is 5.57. The van der Waals surface area contributed by atoms with E-state index in [-0.39, 0.29) is 6.10 Å². The van der Waals surface area contributed by atoms with Gasteiger partial charge >= 0.3 is 0 Å². The van der Waals surface area contributed by atoms with E-state index in [4.69, 9.17) is 4.74 Å². The lowest BCUT2D eigenvalue weighted by atomic mass is 9.92. The predicted octanol–water partition coefficient (Wildman–Crippen LogP) is 2.56. The number of aliphatic hydroxyl groups excluding tert-OH is 1. The van der Waals surface area contributed by atoms with Crippen LogP contribution in [0.15, 0.2) is 12.1 Å². The van der Waals surface area contributed by atoms with E-state index in [1.807, 2.05) is 6.92 Å². The molecule has 106 valence electrons. The van der Waals surface area contributed by atoms with Gasteiger partial charge in [-0.2, -0.15) is 0 Å². The molecule has 1 aliphatic rings. The smallest absolute Gasteiger partial charge is 0.123 e. The van der Waals surface area contributed by atoms with E-state index < -0.39 is 0 Å². The molecule has 1 heterocycles. The van der Waals surface area contributed by atoms with Crippen molar-refractivity contribution in [1.29, 1.82) is 0 Å². The van der Waals surface area contributed by atoms with Gasteiger partial charge in [0.15, 0.2) is 0 Å². The molecule has 3 heteroatoms. The van der Waals surface area contributed by atoms with Crippen LogP contribution in [0.3, 0.4) is 0 Å². The lowest BCUT2D eigenvalue weighted by molar-refractivity contribution is 0.118. The summed E-state index contributed by atoms with van der Waals surface area (Å²) in [6.45, 7) is 8.89. The molecule has 1 aromatic rings. The second-order valence-corrected chi connectivity index (χ2v) is 5.85. The summed E-state index contributed by atoms with van der Waals surface area (Å²) in [7, 11) is 1.74. The van der Waals surface area contributed by atoms with Gasteiger partial charge in [-0.25, -0.2) is 0 Å². The first-order valence-corrected chi connectivity index (χ1v) is 7.11. The van der Waals surface area contributed by atoms with Crippen LogP contribution >= 0.6 is 0 Å². The highest BCUT2D eigenvalue weighted by Crippen LogP contribution is 2.32. The quantitative estimate of drug-likeness (QED) is 0.906. The first-order chi connectivity index (χ1) is 9.01. The third kappa shape index (κ3) is 3.28. The molecule has 3 nitrogen and oxygen atoms in total. The van der Waals surface area contributed by atoms with E-state index in [9.17, 15) is 5.11 Å². The monoisotopic (exact) mass is 263 g/mol. The van der Waals surface area contributed by atoms with Gasteiger partial charge in [-0.1, -0.05) is 19.9 Å². The third-order valence-corrected chi connectivity index (χ3v) is 3.81. The summed E-state index contributed by atoms with van der Waals surface area (Å²) in [4.78, 5) is 2.30. The van der Waals surface area contributed by atoms with E-state index in [1.54, 1.807) is 7.11 Å². The van der Waals surface area contributed by atoms with Crippen molar-refractivity contribution >= 4 is 0 Å². The zero-order chi connectivity index (χ0) is 14.0. The summed E-state index contributed by atoms with van der Waals surface area (Å²) in [5, 5.41) is 9.52. The Kier molecular flexibility index (Phi) is 4.48. The molecule has 0 saturated carbocycles. The zero-order valence-corrected chi connectivity index (χ0v) is 12.4. The Bertz CT molecular complexity index is 423. The highest BCUT2D eigenvalue weighted by atomic mass is 16.5. The number of ether oxygens (including phenoxy) is 1. The molecular weight excluding hydrogens is 238 g/mol. The van der Waals surface area contributed by atoms with Gasteiger partial charge in [0.25, 0.3) is 0 Å². The highest BCUT2D eigenvalue weighted by Gasteiger charge is 2.21. The van der Waals surface area contributed by atoms with Crippen molar-refractivity contribution in [3.05, 3.63) is 28.8 Å². The van der Waals surface area contributed by atoms with E-state index in [0.29, 0.717) is 5.92 Å². The van der Waals surface area contributed by atoms with Crippen molar-refractivity contribution in [2.45, 2.75) is 45.8 Å². The normalized spacial score (nSPS) is 17.4. The number of methoxy groups -OCH3 is 1. The van der Waals surface area contributed by atoms with Crippen molar-refractivity contribution < 1.29 is 9.84 Å². The molecular formula is C16H25NO2. The summed E-state index contributed by atoms with van der Waals surface area (Å²) in [5.41, 5.74) is 4.04. The predicted molar refractivity (Wildman–Crippen MR) is 77.7 cm³/mol. The molecule has 0 amide bonds. The zero-order valence-electron chi connectivity index (χ0n) is 12.4. The second-order valence-electron chi connectivity index (χ2n) is 5.85. The summed E-state index contributed by atoms with van der Waals surface area (Å²) in [6.07, 6.45) is 0.765. The van der Waals surface area contributed by atoms with Crippen molar-refractivity contribution in [3.8, 4) is 5.75 Å². The van der Waals surface area contributed by atoms with Crippen molar-refractivity contribution in [2.75, 3.05) is 20.2 Å². The molecule has 0 saturated heterocycles. The van der Waals surface area contributed by atoms with Gasteiger partial charge in [-0.3, -0.25) is 4.90 Å². The number of fused-ring (bicyclic) bond motifs is 1. The average molecular weight is 263 g/mol. The molecule has 0 fully saturated rings. The minimum Gasteiger partial charge on any atom is -0.496 e. The Labute approximate surface area is 116 Å². The lowest BCUT2D eigenvalue weighted by Gasteiger charge is -2.31. The van der Waals surface area contributed by atoms with Crippen molar-refractivity contribution in [2.24, 2.45) is 0 Å². The van der Waals surface area contributed by atoms with Gasteiger partial charge < -0.3 is 9.84 Å². The van der Waals surface area contributed by atoms with E-state index in [0.717, 1.165) is 31.8 Å². The van der Waals surface area contributed by atoms with E-state index in [2.05, 4.69) is 30.9 Å². The third-order valence-electron chi connectivity index (χ3n) is 3.81. The first kappa shape index (κ1) is 14.4. The van der Waals surface area contributed by atoms with E-state index >= 15 is 0 Å². The van der Waals surface area contributed by atoms with E-state index in [1.165, 1.54) is 16.7 Å². The Morgan fingerprint density at radius 3 is 2.63 bits per heavy atom. The highest BCUT2D eigenvalue weighted by molar-refractivity contribution is 5.46. The van der Waals surface area contributed by atoms with Crippen LogP contribution in [0.4, 0.5) is 0 Å². The molecule has 19 heavy (non-hydrogen) atoms. The number of hydrogen-bond donors (Lipinski definition) is 1. The molecule has 0 aliphatic carbocycles. The maximum atomic E-state index is 9.52. The number of hydrogen-bond acceptors (Lipinski definition) is 3. The fourth-order valence-electron chi connectivity index (χ4n) is 2.76. The van der Waals surface area contributed by atoms with Crippen molar-refractivity contribution in [1.82, 2.24) is 4.90 Å². The molecule has 1 N–H and O–H groups in total. The van der Waals surface area contributed by atoms with Gasteiger partial charge in [0.1, 0.15) is 5.75 Å². The molecule has 1 atom stereocenters. The number of β-amino-alcohol motifs (C(OH)–C–C–N with tert-alkyl or cyclic N) is 1. The summed E-state index contributed by atoms with van der Waals surface area (Å²) in [5.74, 6) is 1.52. The van der Waals surface area contributed by atoms with Crippen LogP contribution in [0.1, 0.15) is 43.4 Å². The summed E-state index contributed by atoms with van der Waals surface area (Å²) in [6, 6.07) is 4.48. The standard InChI is InChI=1S/C16H25NO2/c1-11(2)14-7-13-5-6-17(9-12(3)18)10-15(13)16(8-14)19-4/h7-8,11-12,18H,5-6,9-10H2,1-4H3/t12-/m1/s1. The Hall–Kier alpha value is -1.06. The fraction of sp³-hybridized carbons (Fsp3) is 0.625. The molecule has 0 radical (unpaired) electrons. The van der Waals surface area contributed by atoms with Crippen LogP contribution < -0.4 is 4.74 Å². The van der Waals surface area contributed by atoms with Crippen LogP contribution in [0.2, 0.25) is 0 Å². The topological polar surface area (TPSA) is 32.7 Å². The molecule has 1 aromatic carbocycles. The fourth-order valence-corrected chi connectivity index (χ4v) is 2.76. The minimum atomic E-state index is -0.275. The SMILES string of the molecule is COc1cc(C(C)C)cc2c1CN(C[C@@H](C)O)CC2. The molecule has 1 aliphatic heterocycles. The molecule has 0 spiro atoms. The Morgan fingerprint density at radius 2 is 2.05 bits per heavy atom. The summed E-state index contributed by atoms with van der Waals surface area (Å²) >= 11 is 0. The minimum absolute atomic E-state index is 0.275. The lowest BCUT2D eigenvalue weighted by Crippen LogP contribution is -2.35. The van der Waals surface area contributed by atoms with Gasteiger partial charge in [-0.15, -0.1) is 0 Å². The number of rotatable bonds is 4. The van der Waals surface area contributed by atoms with Gasteiger partial charge in [0, 0.05) is 25.2 Å². The molecule has 0 aromatic heterocycles. The van der Waals surface area contributed by atoms with Gasteiger partial charge in [-0.05, 0) is 36.5 Å². The molecule has 2 rings (SSSR count). The number of benzene rings is 1. The molecule has 0 unspecified atom stereocenters. The van der Waals surface area contributed by atoms with Crippen LogP contribution in [0.5, 0.6) is 5.75 Å². The van der Waals surface area contributed by atoms with Crippen LogP contribution in [0, 0.1) is 0 Å². The Morgan fingerprint density at radius 1 is 1.32 bits per heavy atom. The van der Waals surface area contributed by atoms with Crippen molar-refractivity contribution in [3.63, 3.8) is 0 Å². The first-order valence-electron chi connectivity index (χ1n) is 7.11. The van der Waals surface area contributed by atoms with Gasteiger partial charge in [0.05, 0.1) is 13.2 Å². The molecule has 0 bridgehead atoms. The van der Waals surface area contributed by atoms with Gasteiger partial charge in [0.2, 0.25) is 0 Å². The maximum Gasteiger partial charge on any atom is 0.123 e. The average Bonchev–Trinajstić information content (AvgIpc) is 2.36. The Balaban J connectivity index is 2.28. The van der Waals surface area contributed by atoms with Crippen LogP contribution in [0.25, 0.3) is 0 Å². The maximum absolute atomic E-state index is 9.52. The second kappa shape index (κ2) is 5.93.